The molecule has 1 aromatic carbocycles. The van der Waals surface area contributed by atoms with E-state index in [1.54, 1.807) is 29.7 Å². The van der Waals surface area contributed by atoms with E-state index in [4.69, 9.17) is 8.94 Å². The Kier molecular flexibility index (Phi) is 5.19. The minimum Gasteiger partial charge on any atom is -0.461 e. The molecule has 0 saturated heterocycles. The lowest BCUT2D eigenvalue weighted by atomic mass is 9.99. The molecule has 152 valence electrons. The summed E-state index contributed by atoms with van der Waals surface area (Å²) in [6.45, 7) is 0. The van der Waals surface area contributed by atoms with Crippen molar-refractivity contribution in [3.8, 4) is 11.6 Å². The Morgan fingerprint density at radius 1 is 1.17 bits per heavy atom. The summed E-state index contributed by atoms with van der Waals surface area (Å²) in [6.07, 6.45) is 5.67. The molecule has 1 aliphatic rings. The van der Waals surface area contributed by atoms with E-state index in [2.05, 4.69) is 39.7 Å². The Balaban J connectivity index is 1.27. The van der Waals surface area contributed by atoms with Crippen LogP contribution in [0.25, 0.3) is 11.6 Å². The molecule has 0 radical (unpaired) electrons. The largest absolute Gasteiger partial charge is 0.461 e. The highest BCUT2D eigenvalue weighted by Crippen LogP contribution is 2.30. The van der Waals surface area contributed by atoms with Gasteiger partial charge < -0.3 is 14.3 Å². The predicted molar refractivity (Wildman–Crippen MR) is 113 cm³/mol. The highest BCUT2D eigenvalue weighted by atomic mass is 32.1. The first kappa shape index (κ1) is 18.8. The molecule has 1 atom stereocenters. The zero-order valence-corrected chi connectivity index (χ0v) is 17.2. The van der Waals surface area contributed by atoms with E-state index in [0.717, 1.165) is 23.3 Å². The molecule has 1 N–H and O–H groups in total. The second kappa shape index (κ2) is 8.28. The lowest BCUT2D eigenvalue weighted by Crippen LogP contribution is -2.29. The first-order chi connectivity index (χ1) is 14.8. The van der Waals surface area contributed by atoms with Gasteiger partial charge in [0.05, 0.1) is 12.3 Å². The number of carbonyl (C=O) groups excluding carboxylic acids is 1. The van der Waals surface area contributed by atoms with Gasteiger partial charge in [-0.3, -0.25) is 4.79 Å². The van der Waals surface area contributed by atoms with Crippen LogP contribution in [0.15, 0.2) is 63.0 Å². The van der Waals surface area contributed by atoms with Crippen molar-refractivity contribution in [3.05, 3.63) is 81.6 Å². The third kappa shape index (κ3) is 3.93. The van der Waals surface area contributed by atoms with Crippen molar-refractivity contribution < 1.29 is 13.7 Å². The molecule has 4 aromatic rings. The second-order valence-corrected chi connectivity index (χ2v) is 8.37. The molecule has 7 heteroatoms. The summed E-state index contributed by atoms with van der Waals surface area (Å²) in [5.41, 5.74) is 3.96. The molecule has 0 unspecified atom stereocenters. The summed E-state index contributed by atoms with van der Waals surface area (Å²) in [6, 6.07) is 14.1. The summed E-state index contributed by atoms with van der Waals surface area (Å²) < 4.78 is 10.5. The monoisotopic (exact) mass is 419 g/mol. The number of nitrogens with zero attached hydrogens (tertiary/aromatic N) is 2. The number of nitrogens with one attached hydrogen (secondary N) is 1. The number of rotatable bonds is 7. The number of furan rings is 1. The molecule has 3 aromatic heterocycles. The van der Waals surface area contributed by atoms with Gasteiger partial charge in [0.25, 0.3) is 0 Å². The van der Waals surface area contributed by atoms with Crippen LogP contribution in [0.1, 0.15) is 46.3 Å². The lowest BCUT2D eigenvalue weighted by molar-refractivity contribution is -0.121. The average Bonchev–Trinajstić information content (AvgIpc) is 3.57. The molecule has 3 heterocycles. The van der Waals surface area contributed by atoms with E-state index in [1.165, 1.54) is 17.5 Å². The fourth-order valence-electron chi connectivity index (χ4n) is 3.86. The Morgan fingerprint density at radius 3 is 2.93 bits per heavy atom. The van der Waals surface area contributed by atoms with Crippen LogP contribution in [0.4, 0.5) is 0 Å². The topological polar surface area (TPSA) is 81.2 Å². The van der Waals surface area contributed by atoms with E-state index in [9.17, 15) is 4.79 Å². The average molecular weight is 420 g/mol. The van der Waals surface area contributed by atoms with Gasteiger partial charge in [0.2, 0.25) is 17.6 Å². The maximum atomic E-state index is 12.7. The first-order valence-electron chi connectivity index (χ1n) is 10.1. The van der Waals surface area contributed by atoms with Crippen molar-refractivity contribution in [1.29, 1.82) is 0 Å². The Labute approximate surface area is 177 Å². The van der Waals surface area contributed by atoms with Gasteiger partial charge in [-0.15, -0.1) is 11.3 Å². The van der Waals surface area contributed by atoms with Crippen molar-refractivity contribution in [3.63, 3.8) is 0 Å². The Hall–Kier alpha value is -3.19. The molecule has 6 nitrogen and oxygen atoms in total. The van der Waals surface area contributed by atoms with Crippen molar-refractivity contribution in [2.24, 2.45) is 0 Å². The van der Waals surface area contributed by atoms with Crippen LogP contribution in [0.2, 0.25) is 0 Å². The van der Waals surface area contributed by atoms with Gasteiger partial charge in [-0.05, 0) is 59.5 Å². The van der Waals surface area contributed by atoms with Crippen molar-refractivity contribution in [1.82, 2.24) is 15.5 Å². The zero-order valence-electron chi connectivity index (χ0n) is 16.3. The van der Waals surface area contributed by atoms with Gasteiger partial charge >= 0.3 is 0 Å². The molecule has 1 aliphatic carbocycles. The van der Waals surface area contributed by atoms with Crippen LogP contribution in [0, 0.1) is 0 Å². The molecule has 0 spiro atoms. The number of thiophene rings is 1. The van der Waals surface area contributed by atoms with Crippen molar-refractivity contribution in [2.45, 2.75) is 38.1 Å². The number of aromatic nitrogens is 2. The molecule has 0 fully saturated rings. The van der Waals surface area contributed by atoms with Gasteiger partial charge in [0.15, 0.2) is 5.76 Å². The van der Waals surface area contributed by atoms with Crippen molar-refractivity contribution in [2.75, 3.05) is 0 Å². The van der Waals surface area contributed by atoms with E-state index in [0.29, 0.717) is 23.9 Å². The van der Waals surface area contributed by atoms with Gasteiger partial charge in [-0.2, -0.15) is 4.98 Å². The quantitative estimate of drug-likeness (QED) is 0.469. The number of amides is 1. The zero-order chi connectivity index (χ0) is 20.3. The Bertz CT molecular complexity index is 1130. The van der Waals surface area contributed by atoms with Crippen LogP contribution < -0.4 is 5.32 Å². The minimum absolute atomic E-state index is 0.0494. The minimum atomic E-state index is -0.148. The highest BCUT2D eigenvalue weighted by Gasteiger charge is 2.21. The number of carbonyl (C=O) groups is 1. The van der Waals surface area contributed by atoms with E-state index < -0.39 is 0 Å². The first-order valence-corrected chi connectivity index (χ1v) is 10.9. The molecule has 0 saturated carbocycles. The van der Waals surface area contributed by atoms with Crippen LogP contribution in [0.5, 0.6) is 0 Å². The standard InChI is InChI=1S/C23H21N3O3S/c27-20(10-11-21-25-23(26-29-21)18-6-2-12-28-18)24-22(19-7-3-13-30-19)17-9-8-15-4-1-5-16(15)14-17/h2-3,6-9,12-14,22H,1,4-5,10-11H2,(H,24,27)/t22-/m0/s1. The van der Waals surface area contributed by atoms with E-state index in [-0.39, 0.29) is 18.4 Å². The number of hydrogen-bond donors (Lipinski definition) is 1. The summed E-state index contributed by atoms with van der Waals surface area (Å²) in [4.78, 5) is 18.2. The lowest BCUT2D eigenvalue weighted by Gasteiger charge is -2.19. The molecular weight excluding hydrogens is 398 g/mol. The van der Waals surface area contributed by atoms with Crippen LogP contribution >= 0.6 is 11.3 Å². The third-order valence-electron chi connectivity index (χ3n) is 5.36. The number of fused-ring (bicyclic) bond motifs is 1. The third-order valence-corrected chi connectivity index (χ3v) is 6.30. The second-order valence-electron chi connectivity index (χ2n) is 7.39. The predicted octanol–water partition coefficient (Wildman–Crippen LogP) is 4.72. The molecule has 5 rings (SSSR count). The normalized spacial score (nSPS) is 13.9. The van der Waals surface area contributed by atoms with Gasteiger partial charge in [-0.25, -0.2) is 0 Å². The number of hydrogen-bond acceptors (Lipinski definition) is 6. The number of aryl methyl sites for hydroxylation is 3. The van der Waals surface area contributed by atoms with Crippen molar-refractivity contribution >= 4 is 17.2 Å². The van der Waals surface area contributed by atoms with Crippen LogP contribution in [0.3, 0.4) is 0 Å². The summed E-state index contributed by atoms with van der Waals surface area (Å²) >= 11 is 1.65. The molecule has 30 heavy (non-hydrogen) atoms. The molecule has 0 bridgehead atoms. The summed E-state index contributed by atoms with van der Waals surface area (Å²) in [5, 5.41) is 9.14. The van der Waals surface area contributed by atoms with Crippen LogP contribution in [-0.4, -0.2) is 16.0 Å². The molecule has 0 aliphatic heterocycles. The summed E-state index contributed by atoms with van der Waals surface area (Å²) in [7, 11) is 0. The SMILES string of the molecule is O=C(CCc1nc(-c2ccco2)no1)N[C@@H](c1ccc2c(c1)CCC2)c1cccs1. The van der Waals surface area contributed by atoms with Gasteiger partial charge in [-0.1, -0.05) is 29.4 Å². The molecular formula is C23H21N3O3S. The molecule has 1 amide bonds. The maximum absolute atomic E-state index is 12.7. The highest BCUT2D eigenvalue weighted by molar-refractivity contribution is 7.10. The van der Waals surface area contributed by atoms with Gasteiger partial charge in [0, 0.05) is 17.7 Å². The Morgan fingerprint density at radius 2 is 2.10 bits per heavy atom. The smallest absolute Gasteiger partial charge is 0.238 e. The number of benzene rings is 1. The van der Waals surface area contributed by atoms with E-state index >= 15 is 0 Å². The van der Waals surface area contributed by atoms with E-state index in [1.807, 2.05) is 11.4 Å². The fraction of sp³-hybridized carbons (Fsp3) is 0.261. The fourth-order valence-corrected chi connectivity index (χ4v) is 4.66. The van der Waals surface area contributed by atoms with Gasteiger partial charge in [0.1, 0.15) is 0 Å². The summed E-state index contributed by atoms with van der Waals surface area (Å²) in [5.74, 6) is 1.31. The maximum Gasteiger partial charge on any atom is 0.238 e. The van der Waals surface area contributed by atoms with Crippen LogP contribution in [-0.2, 0) is 24.1 Å².